The topological polar surface area (TPSA) is 48.9 Å². The summed E-state index contributed by atoms with van der Waals surface area (Å²) in [6.45, 7) is 9.73. The number of rotatable bonds is 8. The Balaban J connectivity index is 4.22. The van der Waals surface area contributed by atoms with Crippen molar-refractivity contribution in [3.8, 4) is 0 Å². The summed E-state index contributed by atoms with van der Waals surface area (Å²) < 4.78 is 5.02. The summed E-state index contributed by atoms with van der Waals surface area (Å²) in [6.07, 6.45) is 0.984. The van der Waals surface area contributed by atoms with Gasteiger partial charge in [-0.1, -0.05) is 0 Å². The van der Waals surface area contributed by atoms with Crippen LogP contribution in [-0.4, -0.2) is 63.8 Å². The van der Waals surface area contributed by atoms with Gasteiger partial charge in [-0.2, -0.15) is 0 Å². The molecule has 0 aromatic carbocycles. The normalized spacial score (nSPS) is 12.9. The highest BCUT2D eigenvalue weighted by Gasteiger charge is 2.19. The first kappa shape index (κ1) is 17.2. The zero-order chi connectivity index (χ0) is 14.0. The highest BCUT2D eigenvalue weighted by molar-refractivity contribution is 5.79. The van der Waals surface area contributed by atoms with Crippen molar-refractivity contribution in [1.29, 1.82) is 0 Å². The Bertz CT molecular complexity index is 239. The van der Waals surface area contributed by atoms with E-state index in [0.29, 0.717) is 0 Å². The Labute approximate surface area is 112 Å². The summed E-state index contributed by atoms with van der Waals surface area (Å²) in [5.74, 6) is 0.878. The Morgan fingerprint density at radius 2 is 1.94 bits per heavy atom. The molecule has 0 heterocycles. The largest absolute Gasteiger partial charge is 0.385 e. The molecule has 0 bridgehead atoms. The first-order valence-corrected chi connectivity index (χ1v) is 6.62. The molecule has 0 fully saturated rings. The first-order valence-electron chi connectivity index (χ1n) is 6.62. The fourth-order valence-electron chi connectivity index (χ4n) is 1.18. The average Bonchev–Trinajstić information content (AvgIpc) is 2.31. The van der Waals surface area contributed by atoms with E-state index in [0.717, 1.165) is 38.6 Å². The van der Waals surface area contributed by atoms with Gasteiger partial charge < -0.3 is 20.3 Å². The van der Waals surface area contributed by atoms with Gasteiger partial charge in [0.05, 0.1) is 6.54 Å². The van der Waals surface area contributed by atoms with Gasteiger partial charge in [-0.05, 0) is 41.3 Å². The van der Waals surface area contributed by atoms with Gasteiger partial charge in [0.15, 0.2) is 5.96 Å². The Hall–Kier alpha value is -0.810. The lowest BCUT2D eigenvalue weighted by Crippen LogP contribution is -2.44. The van der Waals surface area contributed by atoms with Gasteiger partial charge in [-0.15, -0.1) is 0 Å². The van der Waals surface area contributed by atoms with E-state index < -0.39 is 0 Å². The van der Waals surface area contributed by atoms with Crippen LogP contribution >= 0.6 is 0 Å². The second kappa shape index (κ2) is 9.16. The number of likely N-dealkylation sites (N-methyl/N-ethyl adjacent to an activating group) is 1. The summed E-state index contributed by atoms with van der Waals surface area (Å²) in [5.41, 5.74) is 0.0644. The lowest BCUT2D eigenvalue weighted by Gasteiger charge is -2.31. The average molecular weight is 258 g/mol. The molecule has 0 rings (SSSR count). The molecule has 0 aliphatic carbocycles. The van der Waals surface area contributed by atoms with Crippen LogP contribution in [0.15, 0.2) is 4.99 Å². The van der Waals surface area contributed by atoms with E-state index in [4.69, 9.17) is 4.74 Å². The molecule has 0 amide bonds. The van der Waals surface area contributed by atoms with E-state index in [2.05, 4.69) is 55.4 Å². The number of nitrogens with zero attached hydrogens (tertiary/aromatic N) is 2. The molecule has 5 nitrogen and oxygen atoms in total. The number of nitrogens with one attached hydrogen (secondary N) is 2. The monoisotopic (exact) mass is 258 g/mol. The van der Waals surface area contributed by atoms with Gasteiger partial charge >= 0.3 is 0 Å². The molecule has 0 aromatic heterocycles. The van der Waals surface area contributed by atoms with Crippen molar-refractivity contribution in [3.05, 3.63) is 0 Å². The zero-order valence-electron chi connectivity index (χ0n) is 12.8. The van der Waals surface area contributed by atoms with E-state index in [1.165, 1.54) is 0 Å². The molecule has 0 aromatic rings. The third-order valence-electron chi connectivity index (χ3n) is 3.00. The van der Waals surface area contributed by atoms with Crippen molar-refractivity contribution in [2.45, 2.75) is 32.7 Å². The standard InChI is InChI=1S/C13H30N4O/c1-7-14-12(15-9-8-10-18-6)16-11-13(2,3)17(4)5/h7-11H2,1-6H3,(H2,14,15,16). The number of hydrogen-bond acceptors (Lipinski definition) is 3. The predicted octanol–water partition coefficient (Wildman–Crippen LogP) is 0.918. The van der Waals surface area contributed by atoms with Gasteiger partial charge in [0.2, 0.25) is 0 Å². The van der Waals surface area contributed by atoms with E-state index in [-0.39, 0.29) is 5.54 Å². The van der Waals surface area contributed by atoms with Crippen LogP contribution in [0, 0.1) is 0 Å². The number of methoxy groups -OCH3 is 1. The number of ether oxygens (including phenoxy) is 1. The third-order valence-corrected chi connectivity index (χ3v) is 3.00. The second-order valence-electron chi connectivity index (χ2n) is 5.18. The summed E-state index contributed by atoms with van der Waals surface area (Å²) in [7, 11) is 5.88. The minimum atomic E-state index is 0.0644. The Morgan fingerprint density at radius 3 is 2.44 bits per heavy atom. The van der Waals surface area contributed by atoms with Crippen LogP contribution in [0.5, 0.6) is 0 Å². The maximum atomic E-state index is 5.02. The highest BCUT2D eigenvalue weighted by atomic mass is 16.5. The van der Waals surface area contributed by atoms with Gasteiger partial charge in [-0.3, -0.25) is 4.99 Å². The molecule has 0 aliphatic rings. The summed E-state index contributed by atoms with van der Waals surface area (Å²) in [4.78, 5) is 6.80. The molecule has 0 saturated carbocycles. The number of hydrogen-bond donors (Lipinski definition) is 2. The van der Waals surface area contributed by atoms with E-state index in [1.807, 2.05) is 0 Å². The summed E-state index contributed by atoms with van der Waals surface area (Å²) >= 11 is 0. The first-order chi connectivity index (χ1) is 8.44. The Kier molecular flexibility index (Phi) is 8.75. The molecule has 0 atom stereocenters. The van der Waals surface area contributed by atoms with Gasteiger partial charge in [0.1, 0.15) is 0 Å². The second-order valence-corrected chi connectivity index (χ2v) is 5.18. The van der Waals surface area contributed by atoms with E-state index in [1.54, 1.807) is 7.11 Å². The molecular weight excluding hydrogens is 228 g/mol. The molecule has 0 unspecified atom stereocenters. The van der Waals surface area contributed by atoms with Crippen LogP contribution in [0.3, 0.4) is 0 Å². The minimum absolute atomic E-state index is 0.0644. The molecule has 0 aliphatic heterocycles. The quantitative estimate of drug-likeness (QED) is 0.386. The molecule has 0 radical (unpaired) electrons. The summed E-state index contributed by atoms with van der Waals surface area (Å²) in [5, 5.41) is 6.56. The minimum Gasteiger partial charge on any atom is -0.385 e. The van der Waals surface area contributed by atoms with Crippen molar-refractivity contribution >= 4 is 5.96 Å². The highest BCUT2D eigenvalue weighted by Crippen LogP contribution is 2.09. The number of aliphatic imine (C=N–C) groups is 1. The Morgan fingerprint density at radius 1 is 1.28 bits per heavy atom. The van der Waals surface area contributed by atoms with Crippen molar-refractivity contribution in [2.24, 2.45) is 4.99 Å². The third kappa shape index (κ3) is 7.50. The molecule has 2 N–H and O–H groups in total. The fraction of sp³-hybridized carbons (Fsp3) is 0.923. The number of guanidine groups is 1. The SMILES string of the molecule is CCNC(=NCC(C)(C)N(C)C)NCCCOC. The maximum Gasteiger partial charge on any atom is 0.191 e. The molecule has 108 valence electrons. The van der Waals surface area contributed by atoms with Crippen molar-refractivity contribution in [2.75, 3.05) is 47.4 Å². The van der Waals surface area contributed by atoms with Crippen LogP contribution in [0.2, 0.25) is 0 Å². The maximum absolute atomic E-state index is 5.02. The van der Waals surface area contributed by atoms with Gasteiger partial charge in [-0.25, -0.2) is 0 Å². The van der Waals surface area contributed by atoms with Gasteiger partial charge in [0, 0.05) is 32.3 Å². The molecule has 0 saturated heterocycles. The van der Waals surface area contributed by atoms with Crippen LogP contribution in [0.25, 0.3) is 0 Å². The smallest absolute Gasteiger partial charge is 0.191 e. The zero-order valence-corrected chi connectivity index (χ0v) is 12.8. The van der Waals surface area contributed by atoms with Crippen LogP contribution in [0.1, 0.15) is 27.2 Å². The predicted molar refractivity (Wildman–Crippen MR) is 78.2 cm³/mol. The van der Waals surface area contributed by atoms with E-state index >= 15 is 0 Å². The molecule has 18 heavy (non-hydrogen) atoms. The van der Waals surface area contributed by atoms with Gasteiger partial charge in [0.25, 0.3) is 0 Å². The van der Waals surface area contributed by atoms with Crippen LogP contribution in [-0.2, 0) is 4.74 Å². The van der Waals surface area contributed by atoms with Crippen molar-refractivity contribution in [1.82, 2.24) is 15.5 Å². The molecule has 5 heteroatoms. The molecular formula is C13H30N4O. The molecule has 0 spiro atoms. The summed E-state index contributed by atoms with van der Waals surface area (Å²) in [6, 6.07) is 0. The van der Waals surface area contributed by atoms with Crippen molar-refractivity contribution < 1.29 is 4.74 Å². The lowest BCUT2D eigenvalue weighted by molar-refractivity contribution is 0.195. The van der Waals surface area contributed by atoms with Crippen molar-refractivity contribution in [3.63, 3.8) is 0 Å². The lowest BCUT2D eigenvalue weighted by atomic mass is 10.1. The van der Waals surface area contributed by atoms with Crippen LogP contribution in [0.4, 0.5) is 0 Å². The fourth-order valence-corrected chi connectivity index (χ4v) is 1.18. The van der Waals surface area contributed by atoms with E-state index in [9.17, 15) is 0 Å². The van der Waals surface area contributed by atoms with Crippen LogP contribution < -0.4 is 10.6 Å².